The first-order valence-electron chi connectivity index (χ1n) is 6.56. The summed E-state index contributed by atoms with van der Waals surface area (Å²) >= 11 is 1.60. The second-order valence-electron chi connectivity index (χ2n) is 4.64. The van der Waals surface area contributed by atoms with Gasteiger partial charge < -0.3 is 0 Å². The van der Waals surface area contributed by atoms with Crippen LogP contribution in [0.15, 0.2) is 42.0 Å². The Bertz CT molecular complexity index is 747. The largest absolute Gasteiger partial charge is 0.294 e. The lowest BCUT2D eigenvalue weighted by Crippen LogP contribution is -2.05. The molecule has 100 valence electrons. The van der Waals surface area contributed by atoms with E-state index in [2.05, 4.69) is 16.9 Å². The van der Waals surface area contributed by atoms with Crippen LogP contribution < -0.4 is 0 Å². The van der Waals surface area contributed by atoms with Crippen molar-refractivity contribution in [2.75, 3.05) is 0 Å². The molecule has 0 amide bonds. The third-order valence-corrected chi connectivity index (χ3v) is 4.11. The Kier molecular flexibility index (Phi) is 3.56. The molecule has 0 unspecified atom stereocenters. The molecular weight excluding hydrogens is 268 g/mol. The Morgan fingerprint density at radius 3 is 2.85 bits per heavy atom. The molecule has 0 aliphatic heterocycles. The molecule has 3 aromatic rings. The number of aromatic nitrogens is 2. The Morgan fingerprint density at radius 1 is 1.20 bits per heavy atom. The van der Waals surface area contributed by atoms with Gasteiger partial charge in [-0.15, -0.1) is 11.3 Å². The molecule has 0 atom stereocenters. The van der Waals surface area contributed by atoms with E-state index in [-0.39, 0.29) is 5.78 Å². The van der Waals surface area contributed by atoms with Crippen molar-refractivity contribution in [3.8, 4) is 0 Å². The molecule has 0 saturated heterocycles. The molecule has 0 fully saturated rings. The minimum absolute atomic E-state index is 0.0598. The van der Waals surface area contributed by atoms with Crippen LogP contribution in [0.5, 0.6) is 0 Å². The van der Waals surface area contributed by atoms with Crippen LogP contribution in [-0.2, 0) is 12.8 Å². The van der Waals surface area contributed by atoms with E-state index in [9.17, 15) is 4.79 Å². The number of pyridine rings is 2. The van der Waals surface area contributed by atoms with Crippen LogP contribution in [0.1, 0.15) is 28.5 Å². The monoisotopic (exact) mass is 282 g/mol. The first-order chi connectivity index (χ1) is 9.76. The summed E-state index contributed by atoms with van der Waals surface area (Å²) in [6, 6.07) is 7.82. The average molecular weight is 282 g/mol. The van der Waals surface area contributed by atoms with Gasteiger partial charge in [0.05, 0.1) is 16.6 Å². The zero-order chi connectivity index (χ0) is 13.9. The van der Waals surface area contributed by atoms with Crippen LogP contribution >= 0.6 is 11.3 Å². The summed E-state index contributed by atoms with van der Waals surface area (Å²) in [5, 5.41) is 1.98. The van der Waals surface area contributed by atoms with E-state index < -0.39 is 0 Å². The summed E-state index contributed by atoms with van der Waals surface area (Å²) in [4.78, 5) is 20.9. The molecule has 3 heterocycles. The zero-order valence-electron chi connectivity index (χ0n) is 11.2. The fraction of sp³-hybridized carbons (Fsp3) is 0.188. The first-order valence-corrected chi connectivity index (χ1v) is 7.44. The van der Waals surface area contributed by atoms with Crippen LogP contribution in [0.3, 0.4) is 0 Å². The van der Waals surface area contributed by atoms with Crippen molar-refractivity contribution in [3.63, 3.8) is 0 Å². The van der Waals surface area contributed by atoms with Crippen molar-refractivity contribution < 1.29 is 4.79 Å². The topological polar surface area (TPSA) is 42.9 Å². The molecule has 0 N–H and O–H groups in total. The maximum absolute atomic E-state index is 12.3. The number of carbonyl (C=O) groups is 1. The fourth-order valence-corrected chi connectivity index (χ4v) is 2.81. The molecular formula is C16H14N2OS. The van der Waals surface area contributed by atoms with Gasteiger partial charge >= 0.3 is 0 Å². The fourth-order valence-electron chi connectivity index (χ4n) is 2.03. The van der Waals surface area contributed by atoms with E-state index in [1.165, 1.54) is 5.56 Å². The van der Waals surface area contributed by atoms with Crippen molar-refractivity contribution >= 4 is 27.3 Å². The Hall–Kier alpha value is -2.07. The normalized spacial score (nSPS) is 10.8. The van der Waals surface area contributed by atoms with Gasteiger partial charge in [0.1, 0.15) is 0 Å². The van der Waals surface area contributed by atoms with Gasteiger partial charge in [-0.05, 0) is 35.6 Å². The number of nitrogens with zero attached hydrogens (tertiary/aromatic N) is 2. The minimum atomic E-state index is 0.0598. The molecule has 3 aromatic heterocycles. The SMILES string of the molecule is CCc1ccc(CC(=O)c2cnc3ccsc3c2)nc1. The summed E-state index contributed by atoms with van der Waals surface area (Å²) in [6.07, 6.45) is 4.77. The lowest BCUT2D eigenvalue weighted by molar-refractivity contribution is 0.0992. The minimum Gasteiger partial charge on any atom is -0.294 e. The zero-order valence-corrected chi connectivity index (χ0v) is 12.0. The molecule has 0 saturated carbocycles. The van der Waals surface area contributed by atoms with Crippen LogP contribution in [0.4, 0.5) is 0 Å². The molecule has 3 rings (SSSR count). The summed E-state index contributed by atoms with van der Waals surface area (Å²) in [7, 11) is 0. The van der Waals surface area contributed by atoms with Crippen molar-refractivity contribution in [2.45, 2.75) is 19.8 Å². The van der Waals surface area contributed by atoms with Crippen molar-refractivity contribution in [1.82, 2.24) is 9.97 Å². The maximum Gasteiger partial charge on any atom is 0.170 e. The lowest BCUT2D eigenvalue weighted by atomic mass is 10.1. The summed E-state index contributed by atoms with van der Waals surface area (Å²) in [5.41, 5.74) is 3.58. The highest BCUT2D eigenvalue weighted by atomic mass is 32.1. The molecule has 4 heteroatoms. The number of thiophene rings is 1. The van der Waals surface area contributed by atoms with Gasteiger partial charge in [-0.3, -0.25) is 14.8 Å². The number of ketones is 1. The number of hydrogen-bond acceptors (Lipinski definition) is 4. The van der Waals surface area contributed by atoms with E-state index >= 15 is 0 Å². The van der Waals surface area contributed by atoms with Gasteiger partial charge in [0.15, 0.2) is 5.78 Å². The number of fused-ring (bicyclic) bond motifs is 1. The highest BCUT2D eigenvalue weighted by Crippen LogP contribution is 2.20. The van der Waals surface area contributed by atoms with Gasteiger partial charge in [-0.2, -0.15) is 0 Å². The van der Waals surface area contributed by atoms with Crippen LogP contribution in [0.2, 0.25) is 0 Å². The standard InChI is InChI=1S/C16H14N2OS/c1-2-11-3-4-13(17-9-11)8-15(19)12-7-16-14(18-10-12)5-6-20-16/h3-7,9-10H,2,8H2,1H3. The molecule has 20 heavy (non-hydrogen) atoms. The summed E-state index contributed by atoms with van der Waals surface area (Å²) < 4.78 is 1.05. The Morgan fingerprint density at radius 2 is 2.10 bits per heavy atom. The van der Waals surface area contributed by atoms with Crippen molar-refractivity contribution in [2.24, 2.45) is 0 Å². The second kappa shape index (κ2) is 5.51. The predicted molar refractivity (Wildman–Crippen MR) is 81.3 cm³/mol. The highest BCUT2D eigenvalue weighted by molar-refractivity contribution is 7.17. The molecule has 0 spiro atoms. The van der Waals surface area contributed by atoms with Gasteiger partial charge in [0.2, 0.25) is 0 Å². The first kappa shape index (κ1) is 12.9. The number of aryl methyl sites for hydroxylation is 1. The third kappa shape index (κ3) is 2.60. The van der Waals surface area contributed by atoms with E-state index in [1.54, 1.807) is 17.5 Å². The van der Waals surface area contributed by atoms with Crippen molar-refractivity contribution in [1.29, 1.82) is 0 Å². The second-order valence-corrected chi connectivity index (χ2v) is 5.59. The smallest absolute Gasteiger partial charge is 0.170 e. The number of Topliss-reactive ketones (excluding diaryl/α,β-unsaturated/α-hetero) is 1. The van der Waals surface area contributed by atoms with Crippen molar-refractivity contribution in [3.05, 3.63) is 58.9 Å². The molecule has 0 radical (unpaired) electrons. The Balaban J connectivity index is 1.80. The van der Waals surface area contributed by atoms with Crippen LogP contribution in [0.25, 0.3) is 10.2 Å². The average Bonchev–Trinajstić information content (AvgIpc) is 2.95. The van der Waals surface area contributed by atoms with E-state index in [0.717, 1.165) is 22.3 Å². The van der Waals surface area contributed by atoms with E-state index in [4.69, 9.17) is 0 Å². The van der Waals surface area contributed by atoms with Gasteiger partial charge in [-0.25, -0.2) is 0 Å². The summed E-state index contributed by atoms with van der Waals surface area (Å²) in [6.45, 7) is 2.09. The molecule has 0 bridgehead atoms. The number of hydrogen-bond donors (Lipinski definition) is 0. The maximum atomic E-state index is 12.3. The predicted octanol–water partition coefficient (Wildman–Crippen LogP) is 3.68. The van der Waals surface area contributed by atoms with Gasteiger partial charge in [0, 0.05) is 23.7 Å². The van der Waals surface area contributed by atoms with E-state index in [1.807, 2.05) is 35.8 Å². The Labute approximate surface area is 121 Å². The molecule has 3 nitrogen and oxygen atoms in total. The number of carbonyl (C=O) groups excluding carboxylic acids is 1. The quantitative estimate of drug-likeness (QED) is 0.686. The summed E-state index contributed by atoms with van der Waals surface area (Å²) in [5.74, 6) is 0.0598. The number of rotatable bonds is 4. The van der Waals surface area contributed by atoms with Crippen LogP contribution in [0, 0.1) is 0 Å². The molecule has 0 aliphatic carbocycles. The molecule has 0 aliphatic rings. The lowest BCUT2D eigenvalue weighted by Gasteiger charge is -2.02. The van der Waals surface area contributed by atoms with Gasteiger partial charge in [-0.1, -0.05) is 13.0 Å². The van der Waals surface area contributed by atoms with Gasteiger partial charge in [0.25, 0.3) is 0 Å². The third-order valence-electron chi connectivity index (χ3n) is 3.26. The molecule has 0 aromatic carbocycles. The highest BCUT2D eigenvalue weighted by Gasteiger charge is 2.10. The van der Waals surface area contributed by atoms with E-state index in [0.29, 0.717) is 12.0 Å². The van der Waals surface area contributed by atoms with Crippen LogP contribution in [-0.4, -0.2) is 15.8 Å².